The van der Waals surface area contributed by atoms with E-state index in [1.807, 2.05) is 80.6 Å². The Kier molecular flexibility index (Phi) is 5.94. The first kappa shape index (κ1) is 21.2. The van der Waals surface area contributed by atoms with Crippen molar-refractivity contribution in [2.45, 2.75) is 20.4 Å². The molecule has 0 unspecified atom stereocenters. The Morgan fingerprint density at radius 2 is 1.62 bits per heavy atom. The normalized spacial score (nSPS) is 10.7. The number of hydrogen-bond acceptors (Lipinski definition) is 2. The van der Waals surface area contributed by atoms with E-state index in [2.05, 4.69) is 20.9 Å². The number of nitrogens with one attached hydrogen (secondary N) is 4. The SMILES string of the molecule is CNC(=O)Nc1cc(C)cc2c(-c3ccccc3)c(C(=O)NCc3ccc(C)cc3)[nH]c12. The van der Waals surface area contributed by atoms with Crippen LogP contribution in [0.4, 0.5) is 10.5 Å². The largest absolute Gasteiger partial charge is 0.348 e. The van der Waals surface area contributed by atoms with Crippen LogP contribution in [0.5, 0.6) is 0 Å². The molecular weight excluding hydrogens is 400 g/mol. The minimum atomic E-state index is -0.321. The molecule has 0 saturated heterocycles. The monoisotopic (exact) mass is 426 g/mol. The number of amides is 3. The van der Waals surface area contributed by atoms with Gasteiger partial charge in [0.15, 0.2) is 0 Å². The van der Waals surface area contributed by atoms with Gasteiger partial charge in [-0.15, -0.1) is 0 Å². The summed E-state index contributed by atoms with van der Waals surface area (Å²) >= 11 is 0. The molecule has 0 fully saturated rings. The van der Waals surface area contributed by atoms with Crippen molar-refractivity contribution >= 4 is 28.5 Å². The number of H-pyrrole nitrogens is 1. The van der Waals surface area contributed by atoms with Gasteiger partial charge in [0, 0.05) is 24.5 Å². The number of urea groups is 1. The van der Waals surface area contributed by atoms with Gasteiger partial charge in [0.2, 0.25) is 0 Å². The van der Waals surface area contributed by atoms with Crippen LogP contribution in [0.25, 0.3) is 22.0 Å². The number of fused-ring (bicyclic) bond motifs is 1. The second kappa shape index (κ2) is 8.98. The fourth-order valence-electron chi connectivity index (χ4n) is 3.78. The average molecular weight is 427 g/mol. The summed E-state index contributed by atoms with van der Waals surface area (Å²) in [5.74, 6) is -0.204. The van der Waals surface area contributed by atoms with Crippen molar-refractivity contribution in [2.24, 2.45) is 0 Å². The van der Waals surface area contributed by atoms with E-state index in [1.54, 1.807) is 7.05 Å². The van der Waals surface area contributed by atoms with Crippen LogP contribution in [-0.2, 0) is 6.54 Å². The fraction of sp³-hybridized carbons (Fsp3) is 0.154. The number of benzene rings is 3. The minimum Gasteiger partial charge on any atom is -0.348 e. The third kappa shape index (κ3) is 4.34. The van der Waals surface area contributed by atoms with Gasteiger partial charge in [0.25, 0.3) is 5.91 Å². The van der Waals surface area contributed by atoms with Gasteiger partial charge in [-0.05, 0) is 42.7 Å². The lowest BCUT2D eigenvalue weighted by Crippen LogP contribution is -2.24. The standard InChI is InChI=1S/C26H26N4O2/c1-16-9-11-18(12-10-16)15-28-25(31)24-22(19-7-5-4-6-8-19)20-13-17(2)14-21(23(20)30-24)29-26(32)27-3/h4-14,30H,15H2,1-3H3,(H,28,31)(H2,27,29,32). The molecular formula is C26H26N4O2. The Hall–Kier alpha value is -4.06. The summed E-state index contributed by atoms with van der Waals surface area (Å²) in [5.41, 5.74) is 6.71. The van der Waals surface area contributed by atoms with Gasteiger partial charge >= 0.3 is 6.03 Å². The first-order valence-corrected chi connectivity index (χ1v) is 10.5. The van der Waals surface area contributed by atoms with E-state index >= 15 is 0 Å². The smallest absolute Gasteiger partial charge is 0.319 e. The Labute approximate surface area is 187 Å². The number of anilines is 1. The van der Waals surface area contributed by atoms with E-state index < -0.39 is 0 Å². The number of carbonyl (C=O) groups is 2. The van der Waals surface area contributed by atoms with Crippen LogP contribution < -0.4 is 16.0 Å². The molecule has 3 aromatic carbocycles. The highest BCUT2D eigenvalue weighted by molar-refractivity contribution is 6.13. The van der Waals surface area contributed by atoms with Crippen molar-refractivity contribution < 1.29 is 9.59 Å². The van der Waals surface area contributed by atoms with Crippen LogP contribution in [-0.4, -0.2) is 24.0 Å². The van der Waals surface area contributed by atoms with Crippen molar-refractivity contribution in [2.75, 3.05) is 12.4 Å². The Balaban J connectivity index is 1.79. The van der Waals surface area contributed by atoms with Gasteiger partial charge in [-0.3, -0.25) is 4.79 Å². The maximum Gasteiger partial charge on any atom is 0.319 e. The molecule has 0 aliphatic heterocycles. The maximum absolute atomic E-state index is 13.3. The summed E-state index contributed by atoms with van der Waals surface area (Å²) in [6.07, 6.45) is 0. The maximum atomic E-state index is 13.3. The highest BCUT2D eigenvalue weighted by Crippen LogP contribution is 2.36. The first-order chi connectivity index (χ1) is 15.5. The third-order valence-corrected chi connectivity index (χ3v) is 5.39. The van der Waals surface area contributed by atoms with E-state index in [-0.39, 0.29) is 11.9 Å². The lowest BCUT2D eigenvalue weighted by atomic mass is 10.00. The Morgan fingerprint density at radius 1 is 0.906 bits per heavy atom. The van der Waals surface area contributed by atoms with E-state index in [0.29, 0.717) is 23.4 Å². The molecule has 6 nitrogen and oxygen atoms in total. The molecule has 0 aliphatic carbocycles. The summed E-state index contributed by atoms with van der Waals surface area (Å²) in [6.45, 7) is 4.42. The molecule has 4 rings (SSSR count). The summed E-state index contributed by atoms with van der Waals surface area (Å²) in [6, 6.07) is 21.5. The second-order valence-electron chi connectivity index (χ2n) is 7.85. The van der Waals surface area contributed by atoms with Crippen LogP contribution in [0.15, 0.2) is 66.7 Å². The number of carbonyl (C=O) groups excluding carboxylic acids is 2. The third-order valence-electron chi connectivity index (χ3n) is 5.39. The zero-order chi connectivity index (χ0) is 22.7. The quantitative estimate of drug-likeness (QED) is 0.356. The number of rotatable bonds is 5. The fourth-order valence-corrected chi connectivity index (χ4v) is 3.78. The number of aromatic amines is 1. The molecule has 1 aromatic heterocycles. The van der Waals surface area contributed by atoms with Gasteiger partial charge in [0.05, 0.1) is 11.2 Å². The van der Waals surface area contributed by atoms with Gasteiger partial charge in [-0.1, -0.05) is 60.2 Å². The van der Waals surface area contributed by atoms with Crippen molar-refractivity contribution in [1.82, 2.24) is 15.6 Å². The lowest BCUT2D eigenvalue weighted by molar-refractivity contribution is 0.0947. The topological polar surface area (TPSA) is 86.0 Å². The molecule has 0 bridgehead atoms. The van der Waals surface area contributed by atoms with Gasteiger partial charge < -0.3 is 20.9 Å². The van der Waals surface area contributed by atoms with Crippen molar-refractivity contribution in [3.8, 4) is 11.1 Å². The molecule has 0 radical (unpaired) electrons. The number of aryl methyl sites for hydroxylation is 2. The minimum absolute atomic E-state index is 0.204. The second-order valence-corrected chi connectivity index (χ2v) is 7.85. The first-order valence-electron chi connectivity index (χ1n) is 10.5. The molecule has 0 saturated carbocycles. The molecule has 0 atom stereocenters. The Bertz CT molecular complexity index is 1270. The van der Waals surface area contributed by atoms with E-state index in [0.717, 1.165) is 27.6 Å². The van der Waals surface area contributed by atoms with E-state index in [1.165, 1.54) is 5.56 Å². The molecule has 162 valence electrons. The van der Waals surface area contributed by atoms with Crippen molar-refractivity contribution in [3.63, 3.8) is 0 Å². The zero-order valence-electron chi connectivity index (χ0n) is 18.4. The number of aromatic nitrogens is 1. The van der Waals surface area contributed by atoms with Gasteiger partial charge in [-0.2, -0.15) is 0 Å². The number of hydrogen-bond donors (Lipinski definition) is 4. The summed E-state index contributed by atoms with van der Waals surface area (Å²) in [4.78, 5) is 28.6. The summed E-state index contributed by atoms with van der Waals surface area (Å²) in [5, 5.41) is 9.33. The highest BCUT2D eigenvalue weighted by atomic mass is 16.2. The predicted molar refractivity (Wildman–Crippen MR) is 129 cm³/mol. The molecule has 4 aromatic rings. The van der Waals surface area contributed by atoms with Crippen LogP contribution in [0, 0.1) is 13.8 Å². The van der Waals surface area contributed by atoms with E-state index in [4.69, 9.17) is 0 Å². The molecule has 0 aliphatic rings. The van der Waals surface area contributed by atoms with E-state index in [9.17, 15) is 9.59 Å². The molecule has 0 spiro atoms. The summed E-state index contributed by atoms with van der Waals surface area (Å²) < 4.78 is 0. The molecule has 6 heteroatoms. The van der Waals surface area contributed by atoms with Crippen LogP contribution in [0.1, 0.15) is 27.2 Å². The molecule has 4 N–H and O–H groups in total. The zero-order valence-corrected chi connectivity index (χ0v) is 18.4. The van der Waals surface area contributed by atoms with Crippen LogP contribution in [0.3, 0.4) is 0 Å². The van der Waals surface area contributed by atoms with Crippen molar-refractivity contribution in [1.29, 1.82) is 0 Å². The molecule has 3 amide bonds. The average Bonchev–Trinajstić information content (AvgIpc) is 3.18. The highest BCUT2D eigenvalue weighted by Gasteiger charge is 2.21. The Morgan fingerprint density at radius 3 is 2.31 bits per heavy atom. The van der Waals surface area contributed by atoms with Gasteiger partial charge in [0.1, 0.15) is 5.69 Å². The van der Waals surface area contributed by atoms with Crippen LogP contribution >= 0.6 is 0 Å². The lowest BCUT2D eigenvalue weighted by Gasteiger charge is -2.08. The summed E-state index contributed by atoms with van der Waals surface area (Å²) in [7, 11) is 1.57. The van der Waals surface area contributed by atoms with Crippen molar-refractivity contribution in [3.05, 3.63) is 89.1 Å². The van der Waals surface area contributed by atoms with Crippen LogP contribution in [0.2, 0.25) is 0 Å². The predicted octanol–water partition coefficient (Wildman–Crippen LogP) is 5.13. The molecule has 32 heavy (non-hydrogen) atoms. The molecule has 1 heterocycles. The van der Waals surface area contributed by atoms with Gasteiger partial charge in [-0.25, -0.2) is 4.79 Å².